The molecule has 9 nitrogen and oxygen atoms in total. The number of nitrogens with one attached hydrogen (secondary N) is 1. The van der Waals surface area contributed by atoms with Gasteiger partial charge in [0.05, 0.1) is 24.9 Å². The van der Waals surface area contributed by atoms with Crippen LogP contribution in [0.15, 0.2) is 77.6 Å². The summed E-state index contributed by atoms with van der Waals surface area (Å²) in [4.78, 5) is 9.21. The van der Waals surface area contributed by atoms with Gasteiger partial charge in [-0.1, -0.05) is 35.5 Å². The summed E-state index contributed by atoms with van der Waals surface area (Å²) in [6.07, 6.45) is 3.05. The molecule has 5 rings (SSSR count). The quantitative estimate of drug-likeness (QED) is 0.282. The van der Waals surface area contributed by atoms with E-state index in [0.717, 1.165) is 11.3 Å². The molecule has 0 radical (unpaired) electrons. The molecular formula is C28H27FN6O3. The maximum Gasteiger partial charge on any atom is 0.182 e. The Balaban J connectivity index is 1.51. The zero-order valence-corrected chi connectivity index (χ0v) is 21.2. The van der Waals surface area contributed by atoms with Crippen molar-refractivity contribution >= 4 is 5.82 Å². The van der Waals surface area contributed by atoms with Gasteiger partial charge in [0.2, 0.25) is 0 Å². The zero-order valence-electron chi connectivity index (χ0n) is 21.2. The standard InChI is InChI=1S/C28H27FN6O3/c1-28(2,36)21-16-31-27(32-26(21)30-15-18-8-10-20(37-3)11-9-18)24-14-25(23-12-13-38-34-23)35(33-24)17-19-6-4-5-7-22(19)29/h4-14,16,36H,15,17H2,1-3H3,(H,30,31,32). The molecule has 0 atom stereocenters. The van der Waals surface area contributed by atoms with Gasteiger partial charge in [0.15, 0.2) is 5.82 Å². The number of hydrogen-bond acceptors (Lipinski definition) is 8. The Morgan fingerprint density at radius 2 is 1.87 bits per heavy atom. The third kappa shape index (κ3) is 5.40. The van der Waals surface area contributed by atoms with E-state index in [2.05, 4.69) is 20.6 Å². The van der Waals surface area contributed by atoms with Gasteiger partial charge in [-0.25, -0.2) is 14.4 Å². The highest BCUT2D eigenvalue weighted by atomic mass is 19.1. The van der Waals surface area contributed by atoms with Gasteiger partial charge in [-0.3, -0.25) is 4.68 Å². The lowest BCUT2D eigenvalue weighted by molar-refractivity contribution is 0.0786. The molecule has 0 aliphatic rings. The topological polar surface area (TPSA) is 111 Å². The predicted molar refractivity (Wildman–Crippen MR) is 140 cm³/mol. The summed E-state index contributed by atoms with van der Waals surface area (Å²) in [6.45, 7) is 4.00. The van der Waals surface area contributed by atoms with E-state index in [0.29, 0.717) is 46.4 Å². The minimum Gasteiger partial charge on any atom is -0.497 e. The SMILES string of the molecule is COc1ccc(CNc2nc(-c3cc(-c4ccon4)n(Cc4ccccc4F)n3)ncc2C(C)(C)O)cc1. The van der Waals surface area contributed by atoms with Crippen LogP contribution in [-0.4, -0.2) is 37.1 Å². The number of aromatic nitrogens is 5. The Labute approximate surface area is 218 Å². The lowest BCUT2D eigenvalue weighted by Gasteiger charge is -2.21. The number of ether oxygens (including phenoxy) is 1. The molecule has 0 aliphatic carbocycles. The second kappa shape index (κ2) is 10.4. The fourth-order valence-corrected chi connectivity index (χ4v) is 4.00. The first-order valence-corrected chi connectivity index (χ1v) is 12.0. The van der Waals surface area contributed by atoms with Gasteiger partial charge in [0.25, 0.3) is 0 Å². The number of benzene rings is 2. The monoisotopic (exact) mass is 514 g/mol. The summed E-state index contributed by atoms with van der Waals surface area (Å²) < 4.78 is 26.3. The van der Waals surface area contributed by atoms with Crippen molar-refractivity contribution in [2.45, 2.75) is 32.5 Å². The van der Waals surface area contributed by atoms with Gasteiger partial charge in [-0.15, -0.1) is 0 Å². The number of hydrogen-bond donors (Lipinski definition) is 2. The molecule has 0 aliphatic heterocycles. The van der Waals surface area contributed by atoms with Crippen LogP contribution in [0.5, 0.6) is 5.75 Å². The van der Waals surface area contributed by atoms with Gasteiger partial charge >= 0.3 is 0 Å². The third-order valence-corrected chi connectivity index (χ3v) is 6.05. The fourth-order valence-electron chi connectivity index (χ4n) is 4.00. The molecule has 3 heterocycles. The first-order chi connectivity index (χ1) is 18.3. The molecule has 0 fully saturated rings. The first-order valence-electron chi connectivity index (χ1n) is 12.0. The van der Waals surface area contributed by atoms with Crippen molar-refractivity contribution in [3.05, 3.63) is 95.6 Å². The van der Waals surface area contributed by atoms with E-state index in [1.807, 2.05) is 24.3 Å². The molecular weight excluding hydrogens is 487 g/mol. The maximum absolute atomic E-state index is 14.4. The van der Waals surface area contributed by atoms with Crippen LogP contribution in [0.25, 0.3) is 22.9 Å². The Morgan fingerprint density at radius 3 is 2.55 bits per heavy atom. The number of nitrogens with zero attached hydrogens (tertiary/aromatic N) is 5. The highest BCUT2D eigenvalue weighted by Gasteiger charge is 2.24. The fraction of sp³-hybridized carbons (Fsp3) is 0.214. The second-order valence-electron chi connectivity index (χ2n) is 9.27. The Bertz CT molecular complexity index is 1530. The van der Waals surface area contributed by atoms with Crippen LogP contribution in [0.2, 0.25) is 0 Å². The summed E-state index contributed by atoms with van der Waals surface area (Å²) in [5.74, 6) is 1.26. The summed E-state index contributed by atoms with van der Waals surface area (Å²) in [6, 6.07) is 17.7. The van der Waals surface area contributed by atoms with Crippen molar-refractivity contribution in [1.29, 1.82) is 0 Å². The number of rotatable bonds is 9. The van der Waals surface area contributed by atoms with Crippen molar-refractivity contribution in [2.75, 3.05) is 12.4 Å². The molecule has 0 amide bonds. The maximum atomic E-state index is 14.4. The van der Waals surface area contributed by atoms with Crippen molar-refractivity contribution in [3.8, 4) is 28.7 Å². The van der Waals surface area contributed by atoms with Crippen LogP contribution in [-0.2, 0) is 18.7 Å². The summed E-state index contributed by atoms with van der Waals surface area (Å²) >= 11 is 0. The average Bonchev–Trinajstić information content (AvgIpc) is 3.59. The van der Waals surface area contributed by atoms with E-state index >= 15 is 0 Å². The Hall–Kier alpha value is -4.57. The molecule has 0 saturated carbocycles. The highest BCUT2D eigenvalue weighted by Crippen LogP contribution is 2.30. The Kier molecular flexibility index (Phi) is 6.89. The average molecular weight is 515 g/mol. The summed E-state index contributed by atoms with van der Waals surface area (Å²) in [7, 11) is 1.62. The van der Waals surface area contributed by atoms with Gasteiger partial charge in [0, 0.05) is 29.9 Å². The lowest BCUT2D eigenvalue weighted by Crippen LogP contribution is -2.20. The smallest absolute Gasteiger partial charge is 0.182 e. The molecule has 0 spiro atoms. The zero-order chi connectivity index (χ0) is 26.7. The largest absolute Gasteiger partial charge is 0.497 e. The van der Waals surface area contributed by atoms with E-state index in [4.69, 9.17) is 14.2 Å². The van der Waals surface area contributed by atoms with Crippen LogP contribution in [0.3, 0.4) is 0 Å². The van der Waals surface area contributed by atoms with Gasteiger partial charge in [-0.2, -0.15) is 5.10 Å². The van der Waals surface area contributed by atoms with Crippen LogP contribution in [0, 0.1) is 5.82 Å². The molecule has 0 saturated heterocycles. The van der Waals surface area contributed by atoms with Crippen molar-refractivity contribution < 1.29 is 18.8 Å². The van der Waals surface area contributed by atoms with E-state index in [-0.39, 0.29) is 12.4 Å². The van der Waals surface area contributed by atoms with Crippen molar-refractivity contribution in [1.82, 2.24) is 24.9 Å². The van der Waals surface area contributed by atoms with Gasteiger partial charge in [-0.05, 0) is 43.7 Å². The summed E-state index contributed by atoms with van der Waals surface area (Å²) in [5, 5.41) is 22.8. The van der Waals surface area contributed by atoms with E-state index in [1.165, 1.54) is 12.3 Å². The number of anilines is 1. The molecule has 0 unspecified atom stereocenters. The molecule has 2 aromatic carbocycles. The molecule has 38 heavy (non-hydrogen) atoms. The van der Waals surface area contributed by atoms with Gasteiger partial charge < -0.3 is 19.7 Å². The van der Waals surface area contributed by atoms with E-state index in [9.17, 15) is 9.50 Å². The Morgan fingerprint density at radius 1 is 1.08 bits per heavy atom. The number of halogens is 1. The third-order valence-electron chi connectivity index (χ3n) is 6.05. The molecule has 194 valence electrons. The highest BCUT2D eigenvalue weighted by molar-refractivity contribution is 5.64. The van der Waals surface area contributed by atoms with Crippen molar-refractivity contribution in [2.24, 2.45) is 0 Å². The van der Waals surface area contributed by atoms with Gasteiger partial charge in [0.1, 0.15) is 35.0 Å². The summed E-state index contributed by atoms with van der Waals surface area (Å²) in [5.41, 5.74) is 2.48. The van der Waals surface area contributed by atoms with Crippen LogP contribution < -0.4 is 10.1 Å². The normalized spacial score (nSPS) is 11.5. The van der Waals surface area contributed by atoms with Crippen LogP contribution in [0.4, 0.5) is 10.2 Å². The number of methoxy groups -OCH3 is 1. The first kappa shape index (κ1) is 25.1. The molecule has 5 aromatic rings. The molecule has 2 N–H and O–H groups in total. The van der Waals surface area contributed by atoms with Crippen molar-refractivity contribution in [3.63, 3.8) is 0 Å². The van der Waals surface area contributed by atoms with Crippen LogP contribution >= 0.6 is 0 Å². The predicted octanol–water partition coefficient (Wildman–Crippen LogP) is 5.03. The lowest BCUT2D eigenvalue weighted by atomic mass is 10.0. The molecule has 10 heteroatoms. The second-order valence-corrected chi connectivity index (χ2v) is 9.27. The number of aliphatic hydroxyl groups is 1. The van der Waals surface area contributed by atoms with E-state index in [1.54, 1.807) is 62.2 Å². The minimum absolute atomic E-state index is 0.180. The van der Waals surface area contributed by atoms with Crippen LogP contribution in [0.1, 0.15) is 30.5 Å². The molecule has 0 bridgehead atoms. The van der Waals surface area contributed by atoms with E-state index < -0.39 is 5.60 Å². The molecule has 3 aromatic heterocycles. The minimum atomic E-state index is -1.18.